The van der Waals surface area contributed by atoms with Gasteiger partial charge in [0.1, 0.15) is 12.4 Å². The molecule has 3 aliphatic rings. The minimum absolute atomic E-state index is 0.0702. The summed E-state index contributed by atoms with van der Waals surface area (Å²) in [7, 11) is 0. The number of rotatable bonds is 6. The molecule has 168 valence electrons. The van der Waals surface area contributed by atoms with Gasteiger partial charge in [0.25, 0.3) is 5.91 Å². The van der Waals surface area contributed by atoms with Gasteiger partial charge in [0.15, 0.2) is 34.7 Å². The molecular formula is C24H21N3O6. The van der Waals surface area contributed by atoms with Gasteiger partial charge in [0.2, 0.25) is 6.79 Å². The van der Waals surface area contributed by atoms with Crippen LogP contribution in [0.5, 0.6) is 23.0 Å². The molecule has 0 saturated heterocycles. The molecule has 2 aromatic rings. The number of hydrogen-bond acceptors (Lipinski definition) is 7. The number of allylic oxidation sites excluding steroid dienone is 1. The first-order valence-corrected chi connectivity index (χ1v) is 10.4. The van der Waals surface area contributed by atoms with Crippen LogP contribution in [0.4, 0.5) is 0 Å². The maximum absolute atomic E-state index is 12.5. The van der Waals surface area contributed by atoms with Crippen molar-refractivity contribution in [1.29, 1.82) is 5.41 Å². The minimum Gasteiger partial charge on any atom is -0.490 e. The number of hydrogen-bond donors (Lipinski definition) is 1. The Hall–Kier alpha value is -4.27. The second kappa shape index (κ2) is 8.34. The summed E-state index contributed by atoms with van der Waals surface area (Å²) in [6.07, 6.45) is 3.20. The van der Waals surface area contributed by atoms with E-state index in [-0.39, 0.29) is 18.2 Å². The smallest absolute Gasteiger partial charge is 0.282 e. The number of fused-ring (bicyclic) bond motifs is 2. The van der Waals surface area contributed by atoms with Gasteiger partial charge >= 0.3 is 0 Å². The molecule has 1 N–H and O–H groups in total. The third-order valence-corrected chi connectivity index (χ3v) is 5.09. The lowest BCUT2D eigenvalue weighted by molar-refractivity contribution is -0.114. The van der Waals surface area contributed by atoms with E-state index in [4.69, 9.17) is 29.2 Å². The lowest BCUT2D eigenvalue weighted by Crippen LogP contribution is -2.38. The Morgan fingerprint density at radius 1 is 1.12 bits per heavy atom. The second-order valence-electron chi connectivity index (χ2n) is 7.44. The van der Waals surface area contributed by atoms with Crippen LogP contribution in [0.15, 0.2) is 58.8 Å². The third-order valence-electron chi connectivity index (χ3n) is 5.09. The van der Waals surface area contributed by atoms with Crippen LogP contribution in [-0.2, 0) is 16.2 Å². The molecule has 0 atom stereocenters. The Bertz CT molecular complexity index is 1250. The Morgan fingerprint density at radius 3 is 2.82 bits per heavy atom. The average Bonchev–Trinajstić information content (AvgIpc) is 3.41. The highest BCUT2D eigenvalue weighted by molar-refractivity contribution is 6.32. The number of hydroxylamine groups is 2. The number of carbonyl (C=O) groups is 1. The molecule has 5 rings (SSSR count). The van der Waals surface area contributed by atoms with Crippen molar-refractivity contribution in [1.82, 2.24) is 5.06 Å². The van der Waals surface area contributed by atoms with E-state index in [1.807, 2.05) is 25.1 Å². The molecule has 33 heavy (non-hydrogen) atoms. The van der Waals surface area contributed by atoms with Crippen molar-refractivity contribution in [2.45, 2.75) is 20.5 Å². The first kappa shape index (κ1) is 20.6. The summed E-state index contributed by atoms with van der Waals surface area (Å²) in [6, 6.07) is 11.0. The van der Waals surface area contributed by atoms with E-state index in [1.165, 1.54) is 5.06 Å². The third kappa shape index (κ3) is 4.00. The highest BCUT2D eigenvalue weighted by Crippen LogP contribution is 2.34. The fourth-order valence-corrected chi connectivity index (χ4v) is 3.56. The predicted molar refractivity (Wildman–Crippen MR) is 119 cm³/mol. The van der Waals surface area contributed by atoms with Crippen molar-refractivity contribution in [2.24, 2.45) is 4.99 Å². The van der Waals surface area contributed by atoms with Crippen molar-refractivity contribution in [3.05, 3.63) is 64.9 Å². The van der Waals surface area contributed by atoms with Gasteiger partial charge < -0.3 is 23.8 Å². The van der Waals surface area contributed by atoms with Gasteiger partial charge in [-0.2, -0.15) is 4.99 Å². The maximum atomic E-state index is 12.5. The Labute approximate surface area is 189 Å². The van der Waals surface area contributed by atoms with Crippen LogP contribution in [0.1, 0.15) is 25.0 Å². The van der Waals surface area contributed by atoms with Gasteiger partial charge in [0, 0.05) is 6.08 Å². The zero-order valence-corrected chi connectivity index (χ0v) is 18.1. The topological polar surface area (TPSA) is 103 Å². The zero-order valence-electron chi connectivity index (χ0n) is 18.1. The maximum Gasteiger partial charge on any atom is 0.282 e. The van der Waals surface area contributed by atoms with Crippen LogP contribution in [0, 0.1) is 5.41 Å². The average molecular weight is 447 g/mol. The van der Waals surface area contributed by atoms with Gasteiger partial charge in [-0.25, -0.2) is 0 Å². The summed E-state index contributed by atoms with van der Waals surface area (Å²) in [6.45, 7) is 4.59. The van der Waals surface area contributed by atoms with E-state index in [2.05, 4.69) is 4.99 Å². The monoisotopic (exact) mass is 447 g/mol. The number of aliphatic imine (C=N–C) groups is 1. The quantitative estimate of drug-likeness (QED) is 0.671. The van der Waals surface area contributed by atoms with Crippen LogP contribution in [0.3, 0.4) is 0 Å². The standard InChI is InChI=1S/C24H21N3O6/c1-3-29-20-10-15(9-17-23(25)27-22(26-24(17)28)8-14(2)33-27)4-6-18(20)30-12-16-5-7-19-21(11-16)32-13-31-19/h4-11,25H,3,12-13H2,1-2H3/b17-9+,25-23?. The molecule has 2 aromatic carbocycles. The molecule has 0 unspecified atom stereocenters. The van der Waals surface area contributed by atoms with Gasteiger partial charge in [-0.15, -0.1) is 5.06 Å². The predicted octanol–water partition coefficient (Wildman–Crippen LogP) is 3.84. The van der Waals surface area contributed by atoms with Crippen LogP contribution in [0.25, 0.3) is 6.08 Å². The van der Waals surface area contributed by atoms with E-state index in [0.29, 0.717) is 47.6 Å². The lowest BCUT2D eigenvalue weighted by atomic mass is 10.1. The van der Waals surface area contributed by atoms with E-state index in [1.54, 1.807) is 37.3 Å². The molecule has 3 heterocycles. The summed E-state index contributed by atoms with van der Waals surface area (Å²) in [5.41, 5.74) is 1.72. The summed E-state index contributed by atoms with van der Waals surface area (Å²) < 4.78 is 22.5. The van der Waals surface area contributed by atoms with Crippen molar-refractivity contribution in [3.8, 4) is 23.0 Å². The van der Waals surface area contributed by atoms with Crippen molar-refractivity contribution in [3.63, 3.8) is 0 Å². The van der Waals surface area contributed by atoms with Gasteiger partial charge in [-0.1, -0.05) is 12.1 Å². The molecule has 0 radical (unpaired) electrons. The first-order valence-electron chi connectivity index (χ1n) is 10.4. The highest BCUT2D eigenvalue weighted by atomic mass is 16.7. The van der Waals surface area contributed by atoms with E-state index in [0.717, 1.165) is 11.3 Å². The molecule has 0 saturated carbocycles. The van der Waals surface area contributed by atoms with Crippen molar-refractivity contribution < 1.29 is 28.6 Å². The molecule has 9 nitrogen and oxygen atoms in total. The van der Waals surface area contributed by atoms with Crippen molar-refractivity contribution >= 4 is 23.7 Å². The number of nitrogens with one attached hydrogen (secondary N) is 1. The fraction of sp³-hybridized carbons (Fsp3) is 0.208. The molecular weight excluding hydrogens is 426 g/mol. The van der Waals surface area contributed by atoms with Crippen molar-refractivity contribution in [2.75, 3.05) is 13.4 Å². The number of ether oxygens (including phenoxy) is 4. The SMILES string of the molecule is CCOc1cc(/C=C2\C(=N)N3OC(C)=CC3=NC2=O)ccc1OCc1ccc2c(c1)OCO2. The minimum atomic E-state index is -0.498. The second-order valence-corrected chi connectivity index (χ2v) is 7.44. The number of amidine groups is 2. The molecule has 0 aromatic heterocycles. The molecule has 0 fully saturated rings. The zero-order chi connectivity index (χ0) is 22.9. The fourth-order valence-electron chi connectivity index (χ4n) is 3.56. The van der Waals surface area contributed by atoms with E-state index in [9.17, 15) is 4.79 Å². The molecule has 9 heteroatoms. The summed E-state index contributed by atoms with van der Waals surface area (Å²) in [5.74, 6) is 2.81. The molecule has 3 aliphatic heterocycles. The van der Waals surface area contributed by atoms with Gasteiger partial charge in [0.05, 0.1) is 12.2 Å². The number of carbonyl (C=O) groups excluding carboxylic acids is 1. The largest absolute Gasteiger partial charge is 0.490 e. The van der Waals surface area contributed by atoms with Crippen LogP contribution in [-0.4, -0.2) is 36.0 Å². The number of nitrogens with zero attached hydrogens (tertiary/aromatic N) is 2. The van der Waals surface area contributed by atoms with Gasteiger partial charge in [-0.05, 0) is 55.3 Å². The normalized spacial score (nSPS) is 17.5. The van der Waals surface area contributed by atoms with E-state index >= 15 is 0 Å². The van der Waals surface area contributed by atoms with Crippen LogP contribution < -0.4 is 18.9 Å². The highest BCUT2D eigenvalue weighted by Gasteiger charge is 2.34. The summed E-state index contributed by atoms with van der Waals surface area (Å²) in [4.78, 5) is 22.0. The number of amides is 1. The molecule has 0 bridgehead atoms. The Morgan fingerprint density at radius 2 is 1.97 bits per heavy atom. The van der Waals surface area contributed by atoms with E-state index < -0.39 is 5.91 Å². The first-order chi connectivity index (χ1) is 16.0. The van der Waals surface area contributed by atoms with Gasteiger partial charge in [-0.3, -0.25) is 10.2 Å². The van der Waals surface area contributed by atoms with Crippen LogP contribution in [0.2, 0.25) is 0 Å². The molecule has 0 aliphatic carbocycles. The summed E-state index contributed by atoms with van der Waals surface area (Å²) in [5, 5.41) is 9.59. The molecule has 1 amide bonds. The lowest BCUT2D eigenvalue weighted by Gasteiger charge is -2.23. The summed E-state index contributed by atoms with van der Waals surface area (Å²) >= 11 is 0. The molecule has 0 spiro atoms. The Balaban J connectivity index is 1.36. The number of benzene rings is 2. The van der Waals surface area contributed by atoms with Crippen LogP contribution >= 0.6 is 0 Å². The Kier molecular flexibility index (Phi) is 5.21.